The zero-order valence-electron chi connectivity index (χ0n) is 6.83. The van der Waals surface area contributed by atoms with Gasteiger partial charge in [-0.2, -0.15) is 5.10 Å². The number of aromatic nitrogens is 1. The minimum Gasteiger partial charge on any atom is -0.369 e. The van der Waals surface area contributed by atoms with Gasteiger partial charge in [-0.3, -0.25) is 5.43 Å². The van der Waals surface area contributed by atoms with Gasteiger partial charge in [0.05, 0.1) is 18.9 Å². The van der Waals surface area contributed by atoms with Crippen LogP contribution in [0.1, 0.15) is 0 Å². The average molecular weight is 198 g/mol. The smallest absolute Gasteiger partial charge is 0.147 e. The summed E-state index contributed by atoms with van der Waals surface area (Å²) in [7, 11) is 0. The normalized spacial score (nSPS) is 15.0. The fourth-order valence-electron chi connectivity index (χ4n) is 0.860. The average Bonchev–Trinajstić information content (AvgIpc) is 2.01. The Kier molecular flexibility index (Phi) is 2.42. The second kappa shape index (κ2) is 3.72. The maximum atomic E-state index is 5.75. The van der Waals surface area contributed by atoms with Gasteiger partial charge in [-0.25, -0.2) is 4.98 Å². The minimum atomic E-state index is 0.605. The zero-order chi connectivity index (χ0) is 9.10. The Balaban J connectivity index is 2.01. The van der Waals surface area contributed by atoms with Crippen LogP contribution in [0.25, 0.3) is 0 Å². The Morgan fingerprint density at radius 1 is 1.54 bits per heavy atom. The van der Waals surface area contributed by atoms with Crippen LogP contribution in [0.4, 0.5) is 5.82 Å². The molecule has 4 nitrogen and oxygen atoms in total. The van der Waals surface area contributed by atoms with Gasteiger partial charge in [0.2, 0.25) is 0 Å². The number of rotatable bonds is 2. The molecule has 1 aliphatic heterocycles. The Bertz CT molecular complexity index is 334. The molecular weight excluding hydrogens is 190 g/mol. The molecule has 0 saturated carbocycles. The van der Waals surface area contributed by atoms with Crippen LogP contribution in [0.15, 0.2) is 23.4 Å². The van der Waals surface area contributed by atoms with E-state index in [9.17, 15) is 0 Å². The molecule has 2 heterocycles. The number of hydrazone groups is 1. The van der Waals surface area contributed by atoms with Crippen molar-refractivity contribution < 1.29 is 4.74 Å². The number of ether oxygens (including phenoxy) is 1. The molecule has 5 heteroatoms. The lowest BCUT2D eigenvalue weighted by molar-refractivity contribution is 0.159. The summed E-state index contributed by atoms with van der Waals surface area (Å²) in [5.41, 5.74) is 3.79. The van der Waals surface area contributed by atoms with Crippen LogP contribution in [0.3, 0.4) is 0 Å². The minimum absolute atomic E-state index is 0.605. The summed E-state index contributed by atoms with van der Waals surface area (Å²) in [5.74, 6) is 0.645. The van der Waals surface area contributed by atoms with Crippen LogP contribution in [-0.4, -0.2) is 23.9 Å². The number of nitrogens with zero attached hydrogens (tertiary/aromatic N) is 2. The molecule has 0 bridgehead atoms. The van der Waals surface area contributed by atoms with E-state index in [1.54, 1.807) is 18.3 Å². The first-order valence-electron chi connectivity index (χ1n) is 3.85. The van der Waals surface area contributed by atoms with Gasteiger partial charge in [-0.15, -0.1) is 0 Å². The van der Waals surface area contributed by atoms with E-state index in [-0.39, 0.29) is 0 Å². The molecule has 1 fully saturated rings. The highest BCUT2D eigenvalue weighted by atomic mass is 35.5. The fraction of sp³-hybridized carbons (Fsp3) is 0.250. The standard InChI is InChI=1S/C8H8ClN3O/c9-6-1-2-10-8(3-6)12-11-7-4-13-5-7/h1-3H,4-5H2,(H,10,12). The Morgan fingerprint density at radius 3 is 3.00 bits per heavy atom. The quantitative estimate of drug-likeness (QED) is 0.732. The van der Waals surface area contributed by atoms with E-state index in [0.29, 0.717) is 24.1 Å². The van der Waals surface area contributed by atoms with Gasteiger partial charge in [0.25, 0.3) is 0 Å². The Labute approximate surface area is 80.6 Å². The van der Waals surface area contributed by atoms with E-state index in [2.05, 4.69) is 15.5 Å². The summed E-state index contributed by atoms with van der Waals surface area (Å²) in [6.07, 6.45) is 1.63. The highest BCUT2D eigenvalue weighted by Crippen LogP contribution is 2.11. The molecule has 0 radical (unpaired) electrons. The van der Waals surface area contributed by atoms with E-state index >= 15 is 0 Å². The molecule has 0 spiro atoms. The van der Waals surface area contributed by atoms with Crippen molar-refractivity contribution >= 4 is 23.1 Å². The van der Waals surface area contributed by atoms with Gasteiger partial charge in [0.1, 0.15) is 5.82 Å². The van der Waals surface area contributed by atoms with Crippen LogP contribution in [0.2, 0.25) is 5.02 Å². The van der Waals surface area contributed by atoms with Gasteiger partial charge in [0, 0.05) is 17.3 Å². The number of hydrogen-bond donors (Lipinski definition) is 1. The van der Waals surface area contributed by atoms with Crippen LogP contribution >= 0.6 is 11.6 Å². The van der Waals surface area contributed by atoms with Crippen LogP contribution in [0, 0.1) is 0 Å². The first-order chi connectivity index (χ1) is 6.34. The number of halogens is 1. The molecule has 0 aliphatic carbocycles. The monoisotopic (exact) mass is 197 g/mol. The summed E-state index contributed by atoms with van der Waals surface area (Å²) < 4.78 is 4.93. The molecule has 1 N–H and O–H groups in total. The third-order valence-corrected chi connectivity index (χ3v) is 1.82. The largest absolute Gasteiger partial charge is 0.369 e. The second-order valence-electron chi connectivity index (χ2n) is 2.64. The van der Waals surface area contributed by atoms with Crippen molar-refractivity contribution in [3.63, 3.8) is 0 Å². The highest BCUT2D eigenvalue weighted by Gasteiger charge is 2.09. The predicted octanol–water partition coefficient (Wildman–Crippen LogP) is 1.53. The number of pyridine rings is 1. The van der Waals surface area contributed by atoms with Gasteiger partial charge >= 0.3 is 0 Å². The van der Waals surface area contributed by atoms with Crippen molar-refractivity contribution in [2.45, 2.75) is 0 Å². The molecule has 68 valence electrons. The molecule has 2 rings (SSSR count). The third kappa shape index (κ3) is 2.17. The van der Waals surface area contributed by atoms with E-state index in [1.807, 2.05) is 0 Å². The van der Waals surface area contributed by atoms with Gasteiger partial charge in [-0.05, 0) is 6.07 Å². The van der Waals surface area contributed by atoms with E-state index in [1.165, 1.54) is 0 Å². The summed E-state index contributed by atoms with van der Waals surface area (Å²) in [6.45, 7) is 1.21. The lowest BCUT2D eigenvalue weighted by atomic mass is 10.3. The van der Waals surface area contributed by atoms with Crippen LogP contribution < -0.4 is 5.43 Å². The summed E-state index contributed by atoms with van der Waals surface area (Å²) in [6, 6.07) is 3.43. The summed E-state index contributed by atoms with van der Waals surface area (Å²) >= 11 is 5.75. The fourth-order valence-corrected chi connectivity index (χ4v) is 1.02. The molecule has 0 amide bonds. The molecule has 1 aromatic heterocycles. The van der Waals surface area contributed by atoms with E-state index in [0.717, 1.165) is 5.71 Å². The van der Waals surface area contributed by atoms with Gasteiger partial charge < -0.3 is 4.74 Å². The predicted molar refractivity (Wildman–Crippen MR) is 51.1 cm³/mol. The summed E-state index contributed by atoms with van der Waals surface area (Å²) in [5, 5.41) is 4.70. The Morgan fingerprint density at radius 2 is 2.38 bits per heavy atom. The molecule has 13 heavy (non-hydrogen) atoms. The van der Waals surface area contributed by atoms with Crippen LogP contribution in [0.5, 0.6) is 0 Å². The first-order valence-corrected chi connectivity index (χ1v) is 4.23. The second-order valence-corrected chi connectivity index (χ2v) is 3.08. The zero-order valence-corrected chi connectivity index (χ0v) is 7.58. The lowest BCUT2D eigenvalue weighted by Crippen LogP contribution is -2.28. The SMILES string of the molecule is Clc1ccnc(NN=C2COC2)c1. The van der Waals surface area contributed by atoms with Crippen molar-refractivity contribution in [2.24, 2.45) is 5.10 Å². The number of hydrogen-bond acceptors (Lipinski definition) is 4. The number of anilines is 1. The molecule has 0 atom stereocenters. The molecule has 0 unspecified atom stereocenters. The molecule has 1 saturated heterocycles. The van der Waals surface area contributed by atoms with Crippen molar-refractivity contribution in [3.05, 3.63) is 23.4 Å². The van der Waals surface area contributed by atoms with Gasteiger partial charge in [0.15, 0.2) is 0 Å². The molecular formula is C8H8ClN3O. The van der Waals surface area contributed by atoms with Gasteiger partial charge in [-0.1, -0.05) is 11.6 Å². The maximum absolute atomic E-state index is 5.75. The first kappa shape index (κ1) is 8.47. The van der Waals surface area contributed by atoms with Crippen molar-refractivity contribution in [1.29, 1.82) is 0 Å². The maximum Gasteiger partial charge on any atom is 0.147 e. The van der Waals surface area contributed by atoms with E-state index in [4.69, 9.17) is 16.3 Å². The highest BCUT2D eigenvalue weighted by molar-refractivity contribution is 6.30. The van der Waals surface area contributed by atoms with Crippen molar-refractivity contribution in [1.82, 2.24) is 4.98 Å². The van der Waals surface area contributed by atoms with Crippen molar-refractivity contribution in [3.8, 4) is 0 Å². The molecule has 1 aromatic rings. The molecule has 1 aliphatic rings. The topological polar surface area (TPSA) is 46.5 Å². The van der Waals surface area contributed by atoms with E-state index < -0.39 is 0 Å². The number of nitrogens with one attached hydrogen (secondary N) is 1. The van der Waals surface area contributed by atoms with Crippen molar-refractivity contribution in [2.75, 3.05) is 18.6 Å². The lowest BCUT2D eigenvalue weighted by Gasteiger charge is -2.15. The Hall–Kier alpha value is -1.13. The van der Waals surface area contributed by atoms with Crippen LogP contribution in [-0.2, 0) is 4.74 Å². The third-order valence-electron chi connectivity index (χ3n) is 1.59. The summed E-state index contributed by atoms with van der Waals surface area (Å²) in [4.78, 5) is 4.03. The molecule has 0 aromatic carbocycles.